The number of benzene rings is 3. The van der Waals surface area contributed by atoms with E-state index in [1.165, 1.54) is 0 Å². The summed E-state index contributed by atoms with van der Waals surface area (Å²) >= 11 is 0. The largest absolute Gasteiger partial charge is 0.457 e. The van der Waals surface area contributed by atoms with Gasteiger partial charge >= 0.3 is 0 Å². The zero-order valence-electron chi connectivity index (χ0n) is 25.3. The van der Waals surface area contributed by atoms with Gasteiger partial charge in [0.25, 0.3) is 17.7 Å². The van der Waals surface area contributed by atoms with Crippen LogP contribution in [0.3, 0.4) is 0 Å². The number of rotatable bonds is 7. The van der Waals surface area contributed by atoms with E-state index in [4.69, 9.17) is 15.5 Å². The Morgan fingerprint density at radius 1 is 0.809 bits per heavy atom. The molecule has 1 aromatic heterocycles. The van der Waals surface area contributed by atoms with Crippen molar-refractivity contribution in [1.82, 2.24) is 15.2 Å². The number of hydrogen-bond acceptors (Lipinski definition) is 8. The number of ether oxygens (including phenoxy) is 1. The van der Waals surface area contributed by atoms with Crippen molar-refractivity contribution in [3.8, 4) is 22.8 Å². The molecule has 5 amide bonds. The van der Waals surface area contributed by atoms with E-state index in [2.05, 4.69) is 10.2 Å². The van der Waals surface area contributed by atoms with Gasteiger partial charge in [-0.1, -0.05) is 18.2 Å². The normalized spacial score (nSPS) is 18.3. The van der Waals surface area contributed by atoms with Gasteiger partial charge in [-0.3, -0.25) is 39.2 Å². The number of hydrogen-bond donors (Lipinski definition) is 2. The summed E-state index contributed by atoms with van der Waals surface area (Å²) < 4.78 is 5.91. The van der Waals surface area contributed by atoms with Gasteiger partial charge < -0.3 is 15.4 Å². The smallest absolute Gasteiger partial charge is 0.262 e. The van der Waals surface area contributed by atoms with Gasteiger partial charge in [0.2, 0.25) is 11.8 Å². The Morgan fingerprint density at radius 3 is 2.21 bits per heavy atom. The molecule has 11 nitrogen and oxygen atoms in total. The lowest BCUT2D eigenvalue weighted by molar-refractivity contribution is -0.136. The second kappa shape index (κ2) is 12.2. The fraction of sp³-hybridized carbons (Fsp3) is 0.222. The third-order valence-electron chi connectivity index (χ3n) is 8.99. The summed E-state index contributed by atoms with van der Waals surface area (Å²) in [5.74, 6) is -1.14. The van der Waals surface area contributed by atoms with E-state index in [0.717, 1.165) is 40.4 Å². The van der Waals surface area contributed by atoms with E-state index >= 15 is 0 Å². The van der Waals surface area contributed by atoms with E-state index < -0.39 is 35.6 Å². The van der Waals surface area contributed by atoms with Crippen LogP contribution >= 0.6 is 0 Å². The predicted molar refractivity (Wildman–Crippen MR) is 172 cm³/mol. The minimum atomic E-state index is -1.00. The van der Waals surface area contributed by atoms with Crippen LogP contribution in [0.5, 0.6) is 11.5 Å². The third-order valence-corrected chi connectivity index (χ3v) is 8.99. The lowest BCUT2D eigenvalue weighted by Crippen LogP contribution is -2.54. The van der Waals surface area contributed by atoms with Crippen molar-refractivity contribution < 1.29 is 28.7 Å². The van der Waals surface area contributed by atoms with Gasteiger partial charge in [0.1, 0.15) is 17.5 Å². The van der Waals surface area contributed by atoms with Crippen LogP contribution in [0.25, 0.3) is 11.3 Å². The van der Waals surface area contributed by atoms with Gasteiger partial charge in [0.05, 0.1) is 22.4 Å². The molecule has 0 aliphatic carbocycles. The Morgan fingerprint density at radius 2 is 1.51 bits per heavy atom. The summed E-state index contributed by atoms with van der Waals surface area (Å²) in [4.78, 5) is 70.8. The van der Waals surface area contributed by atoms with Crippen molar-refractivity contribution in [2.24, 2.45) is 5.73 Å². The van der Waals surface area contributed by atoms with E-state index in [1.807, 2.05) is 66.7 Å². The van der Waals surface area contributed by atoms with Crippen LogP contribution in [0.4, 0.5) is 5.69 Å². The zero-order valence-corrected chi connectivity index (χ0v) is 25.3. The average Bonchev–Trinajstić information content (AvgIpc) is 3.33. The topological polar surface area (TPSA) is 152 Å². The van der Waals surface area contributed by atoms with Crippen LogP contribution in [-0.2, 0) is 9.59 Å². The standard InChI is InChI=1S/C36H31N5O6/c37-33(43)27-12-13-29(38-32(27)22-6-9-25(10-7-22)47-24-4-2-1-3-5-24)21-16-18-40(19-17-21)23-8-11-26-28(20-23)36(46)41(35(26)45)30-14-15-31(42)39-34(30)44/h1-13,20-21,30H,14-19H2,(H2,37,43)(H,39,42,44). The molecular weight excluding hydrogens is 598 g/mol. The molecule has 47 heavy (non-hydrogen) atoms. The summed E-state index contributed by atoms with van der Waals surface area (Å²) in [6.07, 6.45) is 1.74. The van der Waals surface area contributed by atoms with Crippen molar-refractivity contribution in [3.05, 3.63) is 107 Å². The molecule has 236 valence electrons. The third kappa shape index (κ3) is 5.71. The fourth-order valence-electron chi connectivity index (χ4n) is 6.52. The summed E-state index contributed by atoms with van der Waals surface area (Å²) in [5.41, 5.74) is 9.52. The summed E-state index contributed by atoms with van der Waals surface area (Å²) in [6, 6.07) is 24.6. The molecule has 3 aromatic carbocycles. The molecule has 1 unspecified atom stereocenters. The van der Waals surface area contributed by atoms with Gasteiger partial charge in [0, 0.05) is 42.4 Å². The number of nitrogens with one attached hydrogen (secondary N) is 1. The molecule has 2 saturated heterocycles. The zero-order chi connectivity index (χ0) is 32.7. The van der Waals surface area contributed by atoms with Crippen molar-refractivity contribution in [3.63, 3.8) is 0 Å². The number of anilines is 1. The number of para-hydroxylation sites is 1. The first-order chi connectivity index (χ1) is 22.8. The highest BCUT2D eigenvalue weighted by Crippen LogP contribution is 2.35. The van der Waals surface area contributed by atoms with Crippen LogP contribution in [0.2, 0.25) is 0 Å². The molecule has 0 spiro atoms. The molecule has 2 fully saturated rings. The number of carbonyl (C=O) groups is 5. The minimum absolute atomic E-state index is 0.0710. The second-order valence-corrected chi connectivity index (χ2v) is 11.9. The molecule has 4 heterocycles. The maximum Gasteiger partial charge on any atom is 0.262 e. The van der Waals surface area contributed by atoms with Crippen LogP contribution in [-0.4, -0.2) is 58.6 Å². The number of primary amides is 1. The fourth-order valence-corrected chi connectivity index (χ4v) is 6.52. The predicted octanol–water partition coefficient (Wildman–Crippen LogP) is 4.43. The van der Waals surface area contributed by atoms with Crippen molar-refractivity contribution in [2.75, 3.05) is 18.0 Å². The van der Waals surface area contributed by atoms with Gasteiger partial charge in [-0.05, 0) is 86.0 Å². The molecular formula is C36H31N5O6. The molecule has 0 bridgehead atoms. The summed E-state index contributed by atoms with van der Waals surface area (Å²) in [5, 5.41) is 2.22. The number of carbonyl (C=O) groups excluding carboxylic acids is 5. The van der Waals surface area contributed by atoms with Crippen LogP contribution in [0.1, 0.15) is 68.4 Å². The van der Waals surface area contributed by atoms with E-state index in [-0.39, 0.29) is 29.9 Å². The first-order valence-corrected chi connectivity index (χ1v) is 15.5. The van der Waals surface area contributed by atoms with Crippen molar-refractivity contribution in [1.29, 1.82) is 0 Å². The van der Waals surface area contributed by atoms with E-state index in [0.29, 0.717) is 30.1 Å². The van der Waals surface area contributed by atoms with Gasteiger partial charge in [-0.2, -0.15) is 0 Å². The Bertz CT molecular complexity index is 1920. The van der Waals surface area contributed by atoms with Crippen molar-refractivity contribution >= 4 is 35.2 Å². The molecule has 1 atom stereocenters. The highest BCUT2D eigenvalue weighted by atomic mass is 16.5. The van der Waals surface area contributed by atoms with Crippen LogP contribution < -0.4 is 20.7 Å². The molecule has 3 N–H and O–H groups in total. The van der Waals surface area contributed by atoms with Crippen molar-refractivity contribution in [2.45, 2.75) is 37.6 Å². The molecule has 3 aliphatic heterocycles. The van der Waals surface area contributed by atoms with Gasteiger partial charge in [-0.25, -0.2) is 0 Å². The minimum Gasteiger partial charge on any atom is -0.457 e. The van der Waals surface area contributed by atoms with Crippen LogP contribution in [0, 0.1) is 0 Å². The second-order valence-electron chi connectivity index (χ2n) is 11.9. The maximum atomic E-state index is 13.3. The van der Waals surface area contributed by atoms with Gasteiger partial charge in [-0.15, -0.1) is 0 Å². The lowest BCUT2D eigenvalue weighted by Gasteiger charge is -2.33. The first kappa shape index (κ1) is 29.8. The number of nitrogens with zero attached hydrogens (tertiary/aromatic N) is 3. The highest BCUT2D eigenvalue weighted by Gasteiger charge is 2.44. The highest BCUT2D eigenvalue weighted by molar-refractivity contribution is 6.23. The Balaban J connectivity index is 1.05. The quantitative estimate of drug-likeness (QED) is 0.285. The number of aromatic nitrogens is 1. The van der Waals surface area contributed by atoms with Gasteiger partial charge in [0.15, 0.2) is 0 Å². The van der Waals surface area contributed by atoms with E-state index in [9.17, 15) is 24.0 Å². The SMILES string of the molecule is NC(=O)c1ccc(C2CCN(c3ccc4c(c3)C(=O)N(C3CCC(=O)NC3=O)C4=O)CC2)nc1-c1ccc(Oc2ccccc2)cc1. The Kier molecular flexibility index (Phi) is 7.72. The van der Waals surface area contributed by atoms with Crippen LogP contribution in [0.15, 0.2) is 84.9 Å². The number of fused-ring (bicyclic) bond motifs is 1. The number of nitrogens with two attached hydrogens (primary N) is 1. The maximum absolute atomic E-state index is 13.3. The monoisotopic (exact) mass is 629 g/mol. The molecule has 0 saturated carbocycles. The number of imide groups is 2. The summed E-state index contributed by atoms with van der Waals surface area (Å²) in [6.45, 7) is 1.37. The van der Waals surface area contributed by atoms with E-state index in [1.54, 1.807) is 18.2 Å². The molecule has 3 aliphatic rings. The molecule has 7 rings (SSSR count). The number of piperidine rings is 2. The molecule has 0 radical (unpaired) electrons. The molecule has 4 aromatic rings. The summed E-state index contributed by atoms with van der Waals surface area (Å²) in [7, 11) is 0. The average molecular weight is 630 g/mol. The Labute approximate surface area is 270 Å². The number of amides is 5. The lowest BCUT2D eigenvalue weighted by atomic mass is 9.91. The Hall–Kier alpha value is -5.84. The first-order valence-electron chi connectivity index (χ1n) is 15.5. The number of pyridine rings is 1. The molecule has 11 heteroatoms.